The van der Waals surface area contributed by atoms with Crippen LogP contribution in [0.4, 0.5) is 0 Å². The largest absolute Gasteiger partial charge is 0.299 e. The molecule has 1 N–H and O–H groups in total. The summed E-state index contributed by atoms with van der Waals surface area (Å²) in [6.45, 7) is 0.715. The Hall–Kier alpha value is -0.630. The van der Waals surface area contributed by atoms with Crippen molar-refractivity contribution in [2.75, 3.05) is 13.1 Å². The van der Waals surface area contributed by atoms with Crippen LogP contribution < -0.4 is 5.32 Å². The number of carbonyl (C=O) groups is 1. The average molecular weight is 258 g/mol. The molecule has 2 nitrogen and oxygen atoms in total. The van der Waals surface area contributed by atoms with Crippen LogP contribution in [-0.4, -0.2) is 18.9 Å². The van der Waals surface area contributed by atoms with Crippen molar-refractivity contribution < 1.29 is 4.79 Å². The minimum Gasteiger partial charge on any atom is -0.299 e. The number of ketones is 1. The van der Waals surface area contributed by atoms with Gasteiger partial charge in [0.05, 0.1) is 13.1 Å². The van der Waals surface area contributed by atoms with E-state index in [1.165, 1.54) is 11.3 Å². The first kappa shape index (κ1) is 10.5. The quantitative estimate of drug-likeness (QED) is 0.508. The van der Waals surface area contributed by atoms with Gasteiger partial charge < -0.3 is 0 Å². The molecule has 1 heterocycles. The van der Waals surface area contributed by atoms with Crippen molar-refractivity contribution in [3.63, 3.8) is 0 Å². The standard InChI is InChI=1S/C9H8BrNOS/c1-2-3-11-4-9(12)7-5-13-6-8(7)10/h1,5-6,11H,3-4H2. The molecular formula is C9H8BrNOS. The molecule has 0 aliphatic carbocycles. The molecule has 0 atom stereocenters. The molecule has 0 aliphatic heterocycles. The monoisotopic (exact) mass is 257 g/mol. The number of hydrogen-bond acceptors (Lipinski definition) is 3. The molecule has 1 aromatic rings. The molecule has 0 radical (unpaired) electrons. The van der Waals surface area contributed by atoms with E-state index < -0.39 is 0 Å². The van der Waals surface area contributed by atoms with Gasteiger partial charge >= 0.3 is 0 Å². The maximum Gasteiger partial charge on any atom is 0.178 e. The fraction of sp³-hybridized carbons (Fsp3) is 0.222. The summed E-state index contributed by atoms with van der Waals surface area (Å²) in [5.74, 6) is 2.47. The second kappa shape index (κ2) is 5.18. The first-order valence-electron chi connectivity index (χ1n) is 3.64. The maximum absolute atomic E-state index is 11.4. The van der Waals surface area contributed by atoms with Gasteiger partial charge in [-0.25, -0.2) is 0 Å². The number of halogens is 1. The van der Waals surface area contributed by atoms with Gasteiger partial charge in [-0.2, -0.15) is 11.3 Å². The van der Waals surface area contributed by atoms with E-state index in [2.05, 4.69) is 27.2 Å². The average Bonchev–Trinajstić information content (AvgIpc) is 2.52. The minimum atomic E-state index is 0.0587. The fourth-order valence-electron chi connectivity index (χ4n) is 0.824. The van der Waals surface area contributed by atoms with Gasteiger partial charge in [0, 0.05) is 20.8 Å². The van der Waals surface area contributed by atoms with Crippen LogP contribution in [0.3, 0.4) is 0 Å². The van der Waals surface area contributed by atoms with Gasteiger partial charge in [-0.3, -0.25) is 10.1 Å². The van der Waals surface area contributed by atoms with Crippen molar-refractivity contribution >= 4 is 33.0 Å². The van der Waals surface area contributed by atoms with Crippen LogP contribution in [-0.2, 0) is 0 Å². The molecule has 0 bridgehead atoms. The van der Waals surface area contributed by atoms with Crippen LogP contribution in [0.1, 0.15) is 10.4 Å². The number of thiophene rings is 1. The first-order chi connectivity index (χ1) is 6.25. The van der Waals surface area contributed by atoms with Crippen LogP contribution in [0.2, 0.25) is 0 Å². The van der Waals surface area contributed by atoms with Gasteiger partial charge in [0.1, 0.15) is 0 Å². The van der Waals surface area contributed by atoms with E-state index in [9.17, 15) is 4.79 Å². The van der Waals surface area contributed by atoms with E-state index >= 15 is 0 Å². The maximum atomic E-state index is 11.4. The summed E-state index contributed by atoms with van der Waals surface area (Å²) in [5, 5.41) is 6.56. The van der Waals surface area contributed by atoms with Crippen LogP contribution in [0, 0.1) is 12.3 Å². The molecule has 0 aliphatic rings. The lowest BCUT2D eigenvalue weighted by molar-refractivity contribution is 0.0992. The lowest BCUT2D eigenvalue weighted by Crippen LogP contribution is -2.23. The molecule has 0 saturated carbocycles. The highest BCUT2D eigenvalue weighted by molar-refractivity contribution is 9.10. The van der Waals surface area contributed by atoms with E-state index in [1.54, 1.807) is 0 Å². The van der Waals surface area contributed by atoms with Crippen LogP contribution in [0.15, 0.2) is 15.2 Å². The summed E-state index contributed by atoms with van der Waals surface area (Å²) in [4.78, 5) is 11.4. The highest BCUT2D eigenvalue weighted by atomic mass is 79.9. The van der Waals surface area contributed by atoms with Crippen molar-refractivity contribution in [3.8, 4) is 12.3 Å². The molecule has 1 aromatic heterocycles. The number of Topliss-reactive ketones (excluding diaryl/α,β-unsaturated/α-hetero) is 1. The van der Waals surface area contributed by atoms with E-state index in [4.69, 9.17) is 6.42 Å². The second-order valence-corrected chi connectivity index (χ2v) is 3.96. The number of carbonyl (C=O) groups excluding carboxylic acids is 1. The van der Waals surface area contributed by atoms with Crippen LogP contribution in [0.25, 0.3) is 0 Å². The molecule has 1 rings (SSSR count). The topological polar surface area (TPSA) is 29.1 Å². The normalized spacial score (nSPS) is 9.54. The zero-order valence-electron chi connectivity index (χ0n) is 6.84. The molecule has 0 amide bonds. The van der Waals surface area contributed by atoms with Crippen LogP contribution >= 0.6 is 27.3 Å². The molecule has 68 valence electrons. The highest BCUT2D eigenvalue weighted by Gasteiger charge is 2.09. The third-order valence-corrected chi connectivity index (χ3v) is 3.13. The predicted octanol–water partition coefficient (Wildman–Crippen LogP) is 1.92. The Balaban J connectivity index is 2.50. The predicted molar refractivity (Wildman–Crippen MR) is 58.1 cm³/mol. The summed E-state index contributed by atoms with van der Waals surface area (Å²) in [7, 11) is 0. The van der Waals surface area contributed by atoms with Gasteiger partial charge in [-0.15, -0.1) is 6.42 Å². The molecular weight excluding hydrogens is 250 g/mol. The summed E-state index contributed by atoms with van der Waals surface area (Å²) < 4.78 is 0.852. The lowest BCUT2D eigenvalue weighted by Gasteiger charge is -1.98. The fourth-order valence-corrected chi connectivity index (χ4v) is 2.34. The minimum absolute atomic E-state index is 0.0587. The van der Waals surface area contributed by atoms with Gasteiger partial charge in [0.25, 0.3) is 0 Å². The van der Waals surface area contributed by atoms with E-state index in [0.717, 1.165) is 10.0 Å². The molecule has 13 heavy (non-hydrogen) atoms. The Bertz CT molecular complexity index is 340. The molecule has 0 spiro atoms. The Kier molecular flexibility index (Phi) is 4.16. The first-order valence-corrected chi connectivity index (χ1v) is 5.38. The zero-order chi connectivity index (χ0) is 9.68. The highest BCUT2D eigenvalue weighted by Crippen LogP contribution is 2.21. The number of terminal acetylenes is 1. The Labute approximate surface area is 89.5 Å². The Morgan fingerprint density at radius 2 is 2.46 bits per heavy atom. The van der Waals surface area contributed by atoms with Crippen molar-refractivity contribution in [1.82, 2.24) is 5.32 Å². The Morgan fingerprint density at radius 1 is 1.69 bits per heavy atom. The molecule has 0 fully saturated rings. The van der Waals surface area contributed by atoms with Crippen molar-refractivity contribution in [2.24, 2.45) is 0 Å². The van der Waals surface area contributed by atoms with Gasteiger partial charge in [-0.1, -0.05) is 5.92 Å². The van der Waals surface area contributed by atoms with Gasteiger partial charge in [-0.05, 0) is 15.9 Å². The van der Waals surface area contributed by atoms with Gasteiger partial charge in [0.2, 0.25) is 0 Å². The van der Waals surface area contributed by atoms with Crippen molar-refractivity contribution in [3.05, 3.63) is 20.8 Å². The summed E-state index contributed by atoms with van der Waals surface area (Å²) in [6, 6.07) is 0. The third kappa shape index (κ3) is 2.96. The summed E-state index contributed by atoms with van der Waals surface area (Å²) in [5.41, 5.74) is 0.717. The number of hydrogen-bond donors (Lipinski definition) is 1. The molecule has 0 aromatic carbocycles. The van der Waals surface area contributed by atoms with E-state index in [0.29, 0.717) is 13.1 Å². The summed E-state index contributed by atoms with van der Waals surface area (Å²) in [6.07, 6.45) is 5.03. The molecule has 0 saturated heterocycles. The summed E-state index contributed by atoms with van der Waals surface area (Å²) >= 11 is 4.80. The third-order valence-electron chi connectivity index (χ3n) is 1.43. The van der Waals surface area contributed by atoms with E-state index in [1.807, 2.05) is 10.8 Å². The van der Waals surface area contributed by atoms with E-state index in [-0.39, 0.29) is 5.78 Å². The lowest BCUT2D eigenvalue weighted by atomic mass is 10.2. The molecule has 4 heteroatoms. The molecule has 0 unspecified atom stereocenters. The van der Waals surface area contributed by atoms with Crippen molar-refractivity contribution in [1.29, 1.82) is 0 Å². The zero-order valence-corrected chi connectivity index (χ0v) is 9.24. The van der Waals surface area contributed by atoms with Gasteiger partial charge in [0.15, 0.2) is 5.78 Å². The SMILES string of the molecule is C#CCNCC(=O)c1cscc1Br. The number of rotatable bonds is 4. The number of nitrogens with one attached hydrogen (secondary N) is 1. The smallest absolute Gasteiger partial charge is 0.178 e. The van der Waals surface area contributed by atoms with Crippen molar-refractivity contribution in [2.45, 2.75) is 0 Å². The Morgan fingerprint density at radius 3 is 3.00 bits per heavy atom. The van der Waals surface area contributed by atoms with Crippen LogP contribution in [0.5, 0.6) is 0 Å². The second-order valence-electron chi connectivity index (χ2n) is 2.36.